The summed E-state index contributed by atoms with van der Waals surface area (Å²) in [6.07, 6.45) is 3.49. The first kappa shape index (κ1) is 8.30. The molecule has 0 radical (unpaired) electrons. The molecule has 2 aliphatic carbocycles. The van der Waals surface area contributed by atoms with E-state index < -0.39 is 0 Å². The van der Waals surface area contributed by atoms with Gasteiger partial charge in [-0.25, -0.2) is 0 Å². The molecule has 0 aromatic heterocycles. The second kappa shape index (κ2) is 2.51. The van der Waals surface area contributed by atoms with Gasteiger partial charge in [0.25, 0.3) is 0 Å². The second-order valence-corrected chi connectivity index (χ2v) is 4.52. The maximum atomic E-state index is 6.23. The maximum Gasteiger partial charge on any atom is 0.122 e. The Morgan fingerprint density at radius 1 is 1.43 bits per heavy atom. The van der Waals surface area contributed by atoms with Crippen LogP contribution in [0.2, 0.25) is 0 Å². The molecule has 2 heteroatoms. The Balaban J connectivity index is 2.02. The molecular weight excluding hydrogens is 174 g/mol. The number of rotatable bonds is 2. The van der Waals surface area contributed by atoms with Crippen molar-refractivity contribution >= 4 is 0 Å². The summed E-state index contributed by atoms with van der Waals surface area (Å²) in [6, 6.07) is 6.28. The van der Waals surface area contributed by atoms with E-state index in [2.05, 4.69) is 12.1 Å². The highest BCUT2D eigenvalue weighted by molar-refractivity contribution is 5.53. The Kier molecular flexibility index (Phi) is 1.49. The molecular formula is C12H15NO. The van der Waals surface area contributed by atoms with Gasteiger partial charge in [0, 0.05) is 17.0 Å². The number of fused-ring (bicyclic) bond motifs is 1. The molecule has 14 heavy (non-hydrogen) atoms. The predicted molar refractivity (Wildman–Crippen MR) is 55.6 cm³/mol. The fourth-order valence-corrected chi connectivity index (χ4v) is 2.52. The van der Waals surface area contributed by atoms with Gasteiger partial charge in [0.05, 0.1) is 7.11 Å². The van der Waals surface area contributed by atoms with Gasteiger partial charge < -0.3 is 10.5 Å². The maximum absolute atomic E-state index is 6.23. The quantitative estimate of drug-likeness (QED) is 0.770. The van der Waals surface area contributed by atoms with Crippen LogP contribution in [-0.4, -0.2) is 12.6 Å². The van der Waals surface area contributed by atoms with Crippen LogP contribution in [0.15, 0.2) is 18.2 Å². The third kappa shape index (κ3) is 0.947. The standard InChI is InChI=1S/C12H15NO/c1-14-10-4-2-3-8-7-9(11(8)10)12(13)5-6-12/h2-4,9H,5-7,13H2,1H3. The third-order valence-corrected chi connectivity index (χ3v) is 3.67. The van der Waals surface area contributed by atoms with Crippen LogP contribution in [0.5, 0.6) is 5.75 Å². The lowest BCUT2D eigenvalue weighted by molar-refractivity contribution is 0.380. The van der Waals surface area contributed by atoms with Crippen molar-refractivity contribution in [2.45, 2.75) is 30.7 Å². The van der Waals surface area contributed by atoms with E-state index in [-0.39, 0.29) is 5.54 Å². The molecule has 1 aromatic rings. The van der Waals surface area contributed by atoms with E-state index in [4.69, 9.17) is 10.5 Å². The molecule has 0 spiro atoms. The molecule has 2 N–H and O–H groups in total. The molecule has 0 heterocycles. The summed E-state index contributed by atoms with van der Waals surface area (Å²) >= 11 is 0. The molecule has 1 fully saturated rings. The highest BCUT2D eigenvalue weighted by Crippen LogP contribution is 2.55. The van der Waals surface area contributed by atoms with Crippen LogP contribution >= 0.6 is 0 Å². The summed E-state index contributed by atoms with van der Waals surface area (Å²) in [5.74, 6) is 1.57. The van der Waals surface area contributed by atoms with Crippen molar-refractivity contribution in [2.24, 2.45) is 5.73 Å². The Morgan fingerprint density at radius 2 is 2.21 bits per heavy atom. The summed E-state index contributed by atoms with van der Waals surface area (Å²) in [4.78, 5) is 0. The number of methoxy groups -OCH3 is 1. The summed E-state index contributed by atoms with van der Waals surface area (Å²) in [7, 11) is 1.74. The zero-order valence-electron chi connectivity index (χ0n) is 8.42. The fraction of sp³-hybridized carbons (Fsp3) is 0.500. The van der Waals surface area contributed by atoms with Gasteiger partial charge in [-0.3, -0.25) is 0 Å². The summed E-state index contributed by atoms with van der Waals surface area (Å²) in [5, 5.41) is 0. The number of benzene rings is 1. The van der Waals surface area contributed by atoms with Gasteiger partial charge in [-0.1, -0.05) is 12.1 Å². The van der Waals surface area contributed by atoms with Gasteiger partial charge in [-0.05, 0) is 30.9 Å². The SMILES string of the molecule is COc1cccc2c1C(C1(N)CC1)C2. The zero-order chi connectivity index (χ0) is 9.76. The third-order valence-electron chi connectivity index (χ3n) is 3.67. The summed E-state index contributed by atoms with van der Waals surface area (Å²) in [5.41, 5.74) is 9.13. The van der Waals surface area contributed by atoms with Crippen molar-refractivity contribution in [1.29, 1.82) is 0 Å². The first-order valence-corrected chi connectivity index (χ1v) is 5.19. The predicted octanol–water partition coefficient (Wildman–Crippen LogP) is 1.83. The van der Waals surface area contributed by atoms with E-state index in [9.17, 15) is 0 Å². The molecule has 0 saturated heterocycles. The van der Waals surface area contributed by atoms with Crippen molar-refractivity contribution in [2.75, 3.05) is 7.11 Å². The van der Waals surface area contributed by atoms with Crippen molar-refractivity contribution in [1.82, 2.24) is 0 Å². The molecule has 1 saturated carbocycles. The van der Waals surface area contributed by atoms with Crippen LogP contribution in [0.4, 0.5) is 0 Å². The van der Waals surface area contributed by atoms with E-state index in [1.54, 1.807) is 7.11 Å². The zero-order valence-corrected chi connectivity index (χ0v) is 8.42. The van der Waals surface area contributed by atoms with Crippen LogP contribution in [0, 0.1) is 0 Å². The first-order valence-electron chi connectivity index (χ1n) is 5.19. The number of hydrogen-bond acceptors (Lipinski definition) is 2. The highest BCUT2D eigenvalue weighted by Gasteiger charge is 2.51. The molecule has 1 atom stereocenters. The Bertz CT molecular complexity index is 382. The molecule has 74 valence electrons. The number of ether oxygens (including phenoxy) is 1. The minimum atomic E-state index is 0.0988. The van der Waals surface area contributed by atoms with E-state index in [1.807, 2.05) is 6.07 Å². The molecule has 2 aliphatic rings. The monoisotopic (exact) mass is 189 g/mol. The Labute approximate surface area is 84.1 Å². The molecule has 0 aliphatic heterocycles. The summed E-state index contributed by atoms with van der Waals surface area (Å²) in [6.45, 7) is 0. The lowest BCUT2D eigenvalue weighted by Gasteiger charge is -2.36. The average molecular weight is 189 g/mol. The minimum absolute atomic E-state index is 0.0988. The molecule has 1 unspecified atom stereocenters. The van der Waals surface area contributed by atoms with Gasteiger partial charge in [-0.15, -0.1) is 0 Å². The van der Waals surface area contributed by atoms with E-state index in [0.29, 0.717) is 5.92 Å². The smallest absolute Gasteiger partial charge is 0.122 e. The average Bonchev–Trinajstić information content (AvgIpc) is 2.86. The van der Waals surface area contributed by atoms with Gasteiger partial charge in [0.2, 0.25) is 0 Å². The van der Waals surface area contributed by atoms with Gasteiger partial charge in [0.1, 0.15) is 5.75 Å². The van der Waals surface area contributed by atoms with Crippen LogP contribution in [0.25, 0.3) is 0 Å². The normalized spacial score (nSPS) is 26.3. The Morgan fingerprint density at radius 3 is 2.86 bits per heavy atom. The van der Waals surface area contributed by atoms with E-state index in [1.165, 1.54) is 24.0 Å². The fourth-order valence-electron chi connectivity index (χ4n) is 2.52. The van der Waals surface area contributed by atoms with Gasteiger partial charge in [-0.2, -0.15) is 0 Å². The lowest BCUT2D eigenvalue weighted by atomic mass is 9.72. The van der Waals surface area contributed by atoms with E-state index >= 15 is 0 Å². The first-order chi connectivity index (χ1) is 6.74. The molecule has 2 nitrogen and oxygen atoms in total. The van der Waals surface area contributed by atoms with Crippen LogP contribution < -0.4 is 10.5 Å². The molecule has 3 rings (SSSR count). The topological polar surface area (TPSA) is 35.2 Å². The number of nitrogens with two attached hydrogens (primary N) is 1. The van der Waals surface area contributed by atoms with Gasteiger partial charge in [0.15, 0.2) is 0 Å². The van der Waals surface area contributed by atoms with Crippen molar-refractivity contribution in [3.8, 4) is 5.75 Å². The van der Waals surface area contributed by atoms with Crippen molar-refractivity contribution in [3.05, 3.63) is 29.3 Å². The van der Waals surface area contributed by atoms with Crippen LogP contribution in [0.1, 0.15) is 29.9 Å². The van der Waals surface area contributed by atoms with Crippen molar-refractivity contribution < 1.29 is 4.74 Å². The van der Waals surface area contributed by atoms with Gasteiger partial charge >= 0.3 is 0 Å². The largest absolute Gasteiger partial charge is 0.496 e. The highest BCUT2D eigenvalue weighted by atomic mass is 16.5. The molecule has 1 aromatic carbocycles. The number of hydrogen-bond donors (Lipinski definition) is 1. The Hall–Kier alpha value is -1.02. The second-order valence-electron chi connectivity index (χ2n) is 4.52. The molecule has 0 amide bonds. The van der Waals surface area contributed by atoms with E-state index in [0.717, 1.165) is 12.2 Å². The lowest BCUT2D eigenvalue weighted by Crippen LogP contribution is -2.37. The minimum Gasteiger partial charge on any atom is -0.496 e. The summed E-state index contributed by atoms with van der Waals surface area (Å²) < 4.78 is 5.37. The van der Waals surface area contributed by atoms with Crippen LogP contribution in [-0.2, 0) is 6.42 Å². The van der Waals surface area contributed by atoms with Crippen LogP contribution in [0.3, 0.4) is 0 Å². The van der Waals surface area contributed by atoms with Crippen molar-refractivity contribution in [3.63, 3.8) is 0 Å². The molecule has 0 bridgehead atoms.